The lowest BCUT2D eigenvalue weighted by molar-refractivity contribution is 0.0531. The molecule has 8 nitrogen and oxygen atoms in total. The average molecular weight is 357 g/mol. The summed E-state index contributed by atoms with van der Waals surface area (Å²) in [6.45, 7) is 3.84. The largest absolute Gasteiger partial charge is 0.462 e. The molecule has 9 heteroatoms. The van der Waals surface area contributed by atoms with Crippen LogP contribution in [-0.2, 0) is 4.74 Å². The highest BCUT2D eigenvalue weighted by Crippen LogP contribution is 2.33. The van der Waals surface area contributed by atoms with E-state index in [2.05, 4.69) is 25.8 Å². The predicted molar refractivity (Wildman–Crippen MR) is 93.4 cm³/mol. The number of nitrogens with one attached hydrogen (secondary N) is 2. The summed E-state index contributed by atoms with van der Waals surface area (Å²) in [4.78, 5) is 37.5. The van der Waals surface area contributed by atoms with Crippen LogP contribution in [0.15, 0.2) is 30.9 Å². The third kappa shape index (κ3) is 3.41. The molecular formula is C16H15N5O3S. The highest BCUT2D eigenvalue weighted by molar-refractivity contribution is 7.20. The number of nitrogens with zero attached hydrogens (tertiary/aromatic N) is 3. The van der Waals surface area contributed by atoms with Crippen LogP contribution in [0.4, 0.5) is 5.82 Å². The summed E-state index contributed by atoms with van der Waals surface area (Å²) in [6.07, 6.45) is 4.41. The van der Waals surface area contributed by atoms with E-state index < -0.39 is 5.97 Å². The zero-order valence-electron chi connectivity index (χ0n) is 13.6. The number of carbonyl (C=O) groups is 2. The highest BCUT2D eigenvalue weighted by atomic mass is 32.1. The van der Waals surface area contributed by atoms with Crippen LogP contribution < -0.4 is 10.9 Å². The maximum atomic E-state index is 12.1. The maximum Gasteiger partial charge on any atom is 0.348 e. The number of ether oxygens (including phenoxy) is 1. The van der Waals surface area contributed by atoms with Crippen molar-refractivity contribution in [2.45, 2.75) is 13.8 Å². The molecule has 0 bridgehead atoms. The third-order valence-electron chi connectivity index (χ3n) is 3.41. The van der Waals surface area contributed by atoms with E-state index in [1.807, 2.05) is 0 Å². The molecule has 0 radical (unpaired) electrons. The Balaban J connectivity index is 1.87. The summed E-state index contributed by atoms with van der Waals surface area (Å²) in [5.74, 6) is -0.335. The van der Waals surface area contributed by atoms with Gasteiger partial charge < -0.3 is 4.74 Å². The van der Waals surface area contributed by atoms with Crippen LogP contribution in [-0.4, -0.2) is 33.4 Å². The first-order valence-electron chi connectivity index (χ1n) is 7.49. The molecule has 0 spiro atoms. The normalized spacial score (nSPS) is 10.5. The molecular weight excluding hydrogens is 342 g/mol. The number of aromatic nitrogens is 3. The molecule has 3 rings (SSSR count). The molecule has 0 saturated carbocycles. The van der Waals surface area contributed by atoms with Gasteiger partial charge in [0.15, 0.2) is 5.82 Å². The van der Waals surface area contributed by atoms with Gasteiger partial charge in [-0.25, -0.2) is 14.8 Å². The van der Waals surface area contributed by atoms with Crippen LogP contribution in [0.3, 0.4) is 0 Å². The number of fused-ring (bicyclic) bond motifs is 1. The van der Waals surface area contributed by atoms with Gasteiger partial charge in [0.1, 0.15) is 16.0 Å². The standard InChI is InChI=1S/C16H15N5O3S/c1-3-24-16(23)12-9(2)11-13(18-8-19-15(11)25-12)20-21-14(22)10-5-4-6-17-7-10/h4-8H,3H2,1-2H3,(H,21,22)(H,18,19,20). The monoisotopic (exact) mass is 357 g/mol. The molecule has 0 aliphatic heterocycles. The molecule has 0 saturated heterocycles. The molecule has 128 valence electrons. The van der Waals surface area contributed by atoms with Gasteiger partial charge >= 0.3 is 5.97 Å². The summed E-state index contributed by atoms with van der Waals surface area (Å²) in [5.41, 5.74) is 6.47. The van der Waals surface area contributed by atoms with Gasteiger partial charge in [-0.15, -0.1) is 11.3 Å². The third-order valence-corrected chi connectivity index (χ3v) is 4.59. The quantitative estimate of drug-likeness (QED) is 0.533. The Morgan fingerprint density at radius 1 is 1.32 bits per heavy atom. The Bertz CT molecular complexity index is 926. The second-order valence-corrected chi connectivity index (χ2v) is 6.00. The Hall–Kier alpha value is -3.07. The van der Waals surface area contributed by atoms with E-state index in [1.165, 1.54) is 23.9 Å². The van der Waals surface area contributed by atoms with Crippen LogP contribution in [0, 0.1) is 6.92 Å². The van der Waals surface area contributed by atoms with E-state index in [4.69, 9.17) is 4.74 Å². The number of rotatable bonds is 5. The SMILES string of the molecule is CCOC(=O)c1sc2ncnc(NNC(=O)c3cccnc3)c2c1C. The van der Waals surface area contributed by atoms with E-state index in [-0.39, 0.29) is 5.91 Å². The Morgan fingerprint density at radius 2 is 2.16 bits per heavy atom. The zero-order chi connectivity index (χ0) is 17.8. The lowest BCUT2D eigenvalue weighted by Gasteiger charge is -2.08. The van der Waals surface area contributed by atoms with Crippen molar-refractivity contribution < 1.29 is 14.3 Å². The molecule has 0 aliphatic rings. The number of carbonyl (C=O) groups excluding carboxylic acids is 2. The summed E-state index contributed by atoms with van der Waals surface area (Å²) in [5, 5.41) is 0.669. The number of hydrazine groups is 1. The first kappa shape index (κ1) is 16.8. The molecule has 3 aromatic rings. The number of aryl methyl sites for hydroxylation is 1. The molecule has 0 fully saturated rings. The fourth-order valence-corrected chi connectivity index (χ4v) is 3.29. The number of thiophene rings is 1. The van der Waals surface area contributed by atoms with Crippen LogP contribution in [0.1, 0.15) is 32.5 Å². The zero-order valence-corrected chi connectivity index (χ0v) is 14.4. The van der Waals surface area contributed by atoms with Crippen molar-refractivity contribution in [2.24, 2.45) is 0 Å². The van der Waals surface area contributed by atoms with Crippen molar-refractivity contribution in [3.05, 3.63) is 46.9 Å². The average Bonchev–Trinajstić information content (AvgIpc) is 2.98. The number of pyridine rings is 1. The van der Waals surface area contributed by atoms with Gasteiger partial charge in [-0.1, -0.05) is 0 Å². The number of anilines is 1. The minimum Gasteiger partial charge on any atom is -0.462 e. The number of amides is 1. The Kier molecular flexibility index (Phi) is 4.85. The Morgan fingerprint density at radius 3 is 2.88 bits per heavy atom. The molecule has 0 unspecified atom stereocenters. The lowest BCUT2D eigenvalue weighted by Crippen LogP contribution is -2.30. The van der Waals surface area contributed by atoms with E-state index in [0.717, 1.165) is 0 Å². The van der Waals surface area contributed by atoms with Crippen molar-refractivity contribution in [1.29, 1.82) is 0 Å². The van der Waals surface area contributed by atoms with Gasteiger partial charge in [0.05, 0.1) is 17.6 Å². The van der Waals surface area contributed by atoms with E-state index in [0.29, 0.717) is 38.6 Å². The minimum absolute atomic E-state index is 0.296. The molecule has 3 heterocycles. The fourth-order valence-electron chi connectivity index (χ4n) is 2.24. The van der Waals surface area contributed by atoms with Crippen molar-refractivity contribution in [3.8, 4) is 0 Å². The molecule has 3 aromatic heterocycles. The fraction of sp³-hybridized carbons (Fsp3) is 0.188. The van der Waals surface area contributed by atoms with Crippen molar-refractivity contribution in [3.63, 3.8) is 0 Å². The van der Waals surface area contributed by atoms with Crippen molar-refractivity contribution in [1.82, 2.24) is 20.4 Å². The molecule has 0 atom stereocenters. The number of hydrogen-bond donors (Lipinski definition) is 2. The van der Waals surface area contributed by atoms with E-state index >= 15 is 0 Å². The van der Waals surface area contributed by atoms with Gasteiger partial charge in [-0.3, -0.25) is 20.6 Å². The summed E-state index contributed by atoms with van der Waals surface area (Å²) in [7, 11) is 0. The topological polar surface area (TPSA) is 106 Å². The van der Waals surface area contributed by atoms with Crippen LogP contribution in [0.25, 0.3) is 10.2 Å². The van der Waals surface area contributed by atoms with Gasteiger partial charge in [-0.2, -0.15) is 0 Å². The second kappa shape index (κ2) is 7.22. The van der Waals surface area contributed by atoms with Crippen LogP contribution >= 0.6 is 11.3 Å². The summed E-state index contributed by atoms with van der Waals surface area (Å²) >= 11 is 1.23. The minimum atomic E-state index is -0.395. The molecule has 1 amide bonds. The molecule has 2 N–H and O–H groups in total. The van der Waals surface area contributed by atoms with Gasteiger partial charge in [-0.05, 0) is 31.5 Å². The second-order valence-electron chi connectivity index (χ2n) is 5.00. The van der Waals surface area contributed by atoms with Gasteiger partial charge in [0.2, 0.25) is 0 Å². The van der Waals surface area contributed by atoms with Gasteiger partial charge in [0, 0.05) is 12.4 Å². The Labute approximate surface area is 147 Å². The van der Waals surface area contributed by atoms with Crippen LogP contribution in [0.2, 0.25) is 0 Å². The molecule has 0 aliphatic carbocycles. The van der Waals surface area contributed by atoms with E-state index in [9.17, 15) is 9.59 Å². The van der Waals surface area contributed by atoms with Gasteiger partial charge in [0.25, 0.3) is 5.91 Å². The lowest BCUT2D eigenvalue weighted by atomic mass is 10.2. The smallest absolute Gasteiger partial charge is 0.348 e. The highest BCUT2D eigenvalue weighted by Gasteiger charge is 2.20. The number of esters is 1. The maximum absolute atomic E-state index is 12.1. The van der Waals surface area contributed by atoms with Crippen LogP contribution in [0.5, 0.6) is 0 Å². The molecule has 25 heavy (non-hydrogen) atoms. The van der Waals surface area contributed by atoms with Crippen molar-refractivity contribution >= 4 is 39.2 Å². The first-order chi connectivity index (χ1) is 12.1. The molecule has 0 aromatic carbocycles. The summed E-state index contributed by atoms with van der Waals surface area (Å²) in [6, 6.07) is 3.32. The predicted octanol–water partition coefficient (Wildman–Crippen LogP) is 2.33. The first-order valence-corrected chi connectivity index (χ1v) is 8.31. The van der Waals surface area contributed by atoms with Crippen molar-refractivity contribution in [2.75, 3.05) is 12.0 Å². The summed E-state index contributed by atoms with van der Waals surface area (Å²) < 4.78 is 5.06. The number of hydrogen-bond acceptors (Lipinski definition) is 8. The van der Waals surface area contributed by atoms with E-state index in [1.54, 1.807) is 32.2 Å².